The molecule has 0 radical (unpaired) electrons. The normalized spacial score (nSPS) is 10.2. The maximum atomic E-state index is 12.1. The number of thiophene rings is 1. The number of para-hydroxylation sites is 1. The van der Waals surface area contributed by atoms with Crippen LogP contribution in [0.1, 0.15) is 21.5 Å². The SMILES string of the molecule is CC(=O)NCc1ccc(C(=O)COc2ccccc2Br)s1. The van der Waals surface area contributed by atoms with E-state index in [0.29, 0.717) is 17.2 Å². The first-order valence-corrected chi connectivity index (χ1v) is 7.91. The Morgan fingerprint density at radius 3 is 2.71 bits per heavy atom. The van der Waals surface area contributed by atoms with E-state index in [1.54, 1.807) is 12.1 Å². The number of hydrogen-bond acceptors (Lipinski definition) is 4. The predicted molar refractivity (Wildman–Crippen MR) is 85.8 cm³/mol. The fraction of sp³-hybridized carbons (Fsp3) is 0.200. The summed E-state index contributed by atoms with van der Waals surface area (Å²) < 4.78 is 6.32. The lowest BCUT2D eigenvalue weighted by molar-refractivity contribution is -0.119. The topological polar surface area (TPSA) is 55.4 Å². The molecule has 1 aromatic heterocycles. The second-order valence-corrected chi connectivity index (χ2v) is 6.34. The van der Waals surface area contributed by atoms with E-state index < -0.39 is 0 Å². The number of ether oxygens (including phenoxy) is 1. The van der Waals surface area contributed by atoms with Gasteiger partial charge in [-0.05, 0) is 40.2 Å². The molecule has 1 aromatic carbocycles. The summed E-state index contributed by atoms with van der Waals surface area (Å²) in [6.07, 6.45) is 0. The van der Waals surface area contributed by atoms with Gasteiger partial charge in [-0.25, -0.2) is 0 Å². The Balaban J connectivity index is 1.92. The largest absolute Gasteiger partial charge is 0.484 e. The van der Waals surface area contributed by atoms with Gasteiger partial charge in [0.05, 0.1) is 15.9 Å². The van der Waals surface area contributed by atoms with Crippen molar-refractivity contribution >= 4 is 39.0 Å². The van der Waals surface area contributed by atoms with Gasteiger partial charge in [0.25, 0.3) is 0 Å². The molecule has 110 valence electrons. The predicted octanol–water partition coefficient (Wildman–Crippen LogP) is 3.41. The van der Waals surface area contributed by atoms with Crippen molar-refractivity contribution in [1.82, 2.24) is 5.32 Å². The molecule has 1 amide bonds. The zero-order valence-electron chi connectivity index (χ0n) is 11.4. The Hall–Kier alpha value is -1.66. The first-order chi connectivity index (χ1) is 10.1. The Labute approximate surface area is 135 Å². The molecule has 0 bridgehead atoms. The molecule has 0 aliphatic carbocycles. The highest BCUT2D eigenvalue weighted by atomic mass is 79.9. The zero-order valence-corrected chi connectivity index (χ0v) is 13.8. The van der Waals surface area contributed by atoms with Crippen LogP contribution in [-0.2, 0) is 11.3 Å². The Morgan fingerprint density at radius 2 is 2.00 bits per heavy atom. The molecular formula is C15H14BrNO3S. The molecule has 0 saturated heterocycles. The number of hydrogen-bond donors (Lipinski definition) is 1. The van der Waals surface area contributed by atoms with Crippen molar-refractivity contribution in [3.8, 4) is 5.75 Å². The molecule has 1 N–H and O–H groups in total. The van der Waals surface area contributed by atoms with E-state index in [1.807, 2.05) is 24.3 Å². The molecule has 2 rings (SSSR count). The minimum Gasteiger partial charge on any atom is -0.484 e. The first kappa shape index (κ1) is 15.7. The van der Waals surface area contributed by atoms with Crippen LogP contribution in [0.3, 0.4) is 0 Å². The summed E-state index contributed by atoms with van der Waals surface area (Å²) in [6.45, 7) is 1.90. The fourth-order valence-electron chi connectivity index (χ4n) is 1.61. The van der Waals surface area contributed by atoms with Crippen LogP contribution in [0.2, 0.25) is 0 Å². The van der Waals surface area contributed by atoms with Crippen LogP contribution in [0.15, 0.2) is 40.9 Å². The monoisotopic (exact) mass is 367 g/mol. The number of ketones is 1. The van der Waals surface area contributed by atoms with Crippen LogP contribution in [0, 0.1) is 0 Å². The first-order valence-electron chi connectivity index (χ1n) is 6.30. The summed E-state index contributed by atoms with van der Waals surface area (Å²) in [5.74, 6) is 0.472. The second-order valence-electron chi connectivity index (χ2n) is 4.32. The summed E-state index contributed by atoms with van der Waals surface area (Å²) in [5.41, 5.74) is 0. The number of halogens is 1. The number of amides is 1. The van der Waals surface area contributed by atoms with Gasteiger partial charge in [0.2, 0.25) is 11.7 Å². The highest BCUT2D eigenvalue weighted by Crippen LogP contribution is 2.24. The molecule has 6 heteroatoms. The van der Waals surface area contributed by atoms with Crippen molar-refractivity contribution in [2.24, 2.45) is 0 Å². The van der Waals surface area contributed by atoms with E-state index in [-0.39, 0.29) is 18.3 Å². The van der Waals surface area contributed by atoms with Crippen LogP contribution in [-0.4, -0.2) is 18.3 Å². The third-order valence-electron chi connectivity index (χ3n) is 2.64. The van der Waals surface area contributed by atoms with Crippen LogP contribution in [0.5, 0.6) is 5.75 Å². The highest BCUT2D eigenvalue weighted by Gasteiger charge is 2.11. The number of Topliss-reactive ketones (excluding diaryl/α,β-unsaturated/α-hetero) is 1. The standard InChI is InChI=1S/C15H14BrNO3S/c1-10(18)17-8-11-6-7-15(21-11)13(19)9-20-14-5-3-2-4-12(14)16/h2-7H,8-9H2,1H3,(H,17,18). The molecule has 0 aliphatic rings. The van der Waals surface area contributed by atoms with Crippen molar-refractivity contribution < 1.29 is 14.3 Å². The van der Waals surface area contributed by atoms with Crippen molar-refractivity contribution in [1.29, 1.82) is 0 Å². The summed E-state index contributed by atoms with van der Waals surface area (Å²) in [7, 11) is 0. The lowest BCUT2D eigenvalue weighted by atomic mass is 10.3. The molecule has 0 saturated carbocycles. The van der Waals surface area contributed by atoms with E-state index in [9.17, 15) is 9.59 Å². The number of nitrogens with one attached hydrogen (secondary N) is 1. The smallest absolute Gasteiger partial charge is 0.217 e. The molecule has 0 unspecified atom stereocenters. The number of carbonyl (C=O) groups excluding carboxylic acids is 2. The van der Waals surface area contributed by atoms with Crippen molar-refractivity contribution in [2.45, 2.75) is 13.5 Å². The summed E-state index contributed by atoms with van der Waals surface area (Å²) in [6, 6.07) is 11.0. The summed E-state index contributed by atoms with van der Waals surface area (Å²) >= 11 is 4.73. The van der Waals surface area contributed by atoms with Crippen molar-refractivity contribution in [2.75, 3.05) is 6.61 Å². The summed E-state index contributed by atoms with van der Waals surface area (Å²) in [4.78, 5) is 24.5. The Kier molecular flexibility index (Phi) is 5.52. The lowest BCUT2D eigenvalue weighted by Crippen LogP contribution is -2.18. The minimum atomic E-state index is -0.0893. The maximum absolute atomic E-state index is 12.1. The van der Waals surface area contributed by atoms with Crippen LogP contribution in [0.4, 0.5) is 0 Å². The van der Waals surface area contributed by atoms with Gasteiger partial charge in [-0.15, -0.1) is 11.3 Å². The molecular weight excluding hydrogens is 354 g/mol. The van der Waals surface area contributed by atoms with Gasteiger partial charge < -0.3 is 10.1 Å². The molecule has 1 heterocycles. The molecule has 0 spiro atoms. The Bertz CT molecular complexity index is 654. The van der Waals surface area contributed by atoms with Crippen LogP contribution >= 0.6 is 27.3 Å². The Morgan fingerprint density at radius 1 is 1.24 bits per heavy atom. The zero-order chi connectivity index (χ0) is 15.2. The molecule has 0 fully saturated rings. The van der Waals surface area contributed by atoms with E-state index in [4.69, 9.17) is 4.74 Å². The van der Waals surface area contributed by atoms with Gasteiger partial charge in [0.1, 0.15) is 5.75 Å². The average Bonchev–Trinajstić information content (AvgIpc) is 2.93. The quantitative estimate of drug-likeness (QED) is 0.795. The molecule has 4 nitrogen and oxygen atoms in total. The minimum absolute atomic E-state index is 0.0112. The van der Waals surface area contributed by atoms with E-state index >= 15 is 0 Å². The van der Waals surface area contributed by atoms with E-state index in [2.05, 4.69) is 21.2 Å². The highest BCUT2D eigenvalue weighted by molar-refractivity contribution is 9.10. The number of rotatable bonds is 6. The van der Waals surface area contributed by atoms with Gasteiger partial charge in [-0.1, -0.05) is 12.1 Å². The van der Waals surface area contributed by atoms with Gasteiger partial charge in [0.15, 0.2) is 6.61 Å². The third kappa shape index (κ3) is 4.68. The molecule has 21 heavy (non-hydrogen) atoms. The maximum Gasteiger partial charge on any atom is 0.217 e. The van der Waals surface area contributed by atoms with Gasteiger partial charge in [0, 0.05) is 11.8 Å². The average molecular weight is 368 g/mol. The third-order valence-corrected chi connectivity index (χ3v) is 4.42. The lowest BCUT2D eigenvalue weighted by Gasteiger charge is -2.06. The van der Waals surface area contributed by atoms with Crippen LogP contribution in [0.25, 0.3) is 0 Å². The second kappa shape index (κ2) is 7.38. The van der Waals surface area contributed by atoms with E-state index in [0.717, 1.165) is 9.35 Å². The molecule has 0 atom stereocenters. The van der Waals surface area contributed by atoms with Crippen molar-refractivity contribution in [3.05, 3.63) is 50.6 Å². The van der Waals surface area contributed by atoms with E-state index in [1.165, 1.54) is 18.3 Å². The van der Waals surface area contributed by atoms with Crippen LogP contribution < -0.4 is 10.1 Å². The van der Waals surface area contributed by atoms with Crippen molar-refractivity contribution in [3.63, 3.8) is 0 Å². The molecule has 2 aromatic rings. The molecule has 0 aliphatic heterocycles. The van der Waals surface area contributed by atoms with Gasteiger partial charge >= 0.3 is 0 Å². The van der Waals surface area contributed by atoms with Gasteiger partial charge in [-0.3, -0.25) is 9.59 Å². The summed E-state index contributed by atoms with van der Waals surface area (Å²) in [5, 5.41) is 2.70. The fourth-order valence-corrected chi connectivity index (χ4v) is 2.88. The number of carbonyl (C=O) groups is 2. The number of benzene rings is 1. The van der Waals surface area contributed by atoms with Gasteiger partial charge in [-0.2, -0.15) is 0 Å².